The molecular weight excluding hydrogens is 512 g/mol. The van der Waals surface area contributed by atoms with Crippen molar-refractivity contribution in [2.24, 2.45) is 0 Å². The number of benzene rings is 4. The fourth-order valence-electron chi connectivity index (χ4n) is 4.68. The van der Waals surface area contributed by atoms with Gasteiger partial charge in [-0.2, -0.15) is 0 Å². The fraction of sp³-hybridized carbons (Fsp3) is 0.147. The molecule has 0 saturated carbocycles. The second-order valence-electron chi connectivity index (χ2n) is 9.98. The summed E-state index contributed by atoms with van der Waals surface area (Å²) in [6, 6.07) is 34.1. The molecule has 0 aliphatic heterocycles. The minimum absolute atomic E-state index is 0.0854. The van der Waals surface area contributed by atoms with Crippen LogP contribution in [0.5, 0.6) is 0 Å². The normalized spacial score (nSPS) is 11.7. The van der Waals surface area contributed by atoms with Crippen LogP contribution >= 0.6 is 0 Å². The molecule has 0 fully saturated rings. The molecule has 2 N–H and O–H groups in total. The molecule has 0 unspecified atom stereocenters. The Labute approximate surface area is 239 Å². The summed E-state index contributed by atoms with van der Waals surface area (Å²) < 4.78 is 3.34. The predicted molar refractivity (Wildman–Crippen MR) is 162 cm³/mol. The maximum absolute atomic E-state index is 13.7. The molecule has 1 atom stereocenters. The highest BCUT2D eigenvalue weighted by molar-refractivity contribution is 6.09. The van der Waals surface area contributed by atoms with Gasteiger partial charge in [0.15, 0.2) is 5.78 Å². The molecule has 5 aromatic rings. The predicted octanol–water partition coefficient (Wildman–Crippen LogP) is 5.06. The van der Waals surface area contributed by atoms with E-state index in [-0.39, 0.29) is 29.5 Å². The molecule has 0 spiro atoms. The fourth-order valence-corrected chi connectivity index (χ4v) is 4.68. The number of hydrogen-bond donors (Lipinski definition) is 2. The highest BCUT2D eigenvalue weighted by Crippen LogP contribution is 2.18. The Hall–Kier alpha value is -5.01. The third kappa shape index (κ3) is 6.42. The van der Waals surface area contributed by atoms with Gasteiger partial charge >= 0.3 is 0 Å². The van der Waals surface area contributed by atoms with Crippen molar-refractivity contribution in [3.05, 3.63) is 154 Å². The maximum Gasteiger partial charge on any atom is 0.291 e. The summed E-state index contributed by atoms with van der Waals surface area (Å²) in [6.07, 6.45) is 2.40. The van der Waals surface area contributed by atoms with E-state index in [2.05, 4.69) is 28.8 Å². The Morgan fingerprint density at radius 1 is 0.756 bits per heavy atom. The van der Waals surface area contributed by atoms with E-state index in [4.69, 9.17) is 0 Å². The van der Waals surface area contributed by atoms with E-state index in [9.17, 15) is 14.4 Å². The van der Waals surface area contributed by atoms with Gasteiger partial charge in [-0.05, 0) is 55.3 Å². The minimum atomic E-state index is -0.471. The molecule has 1 amide bonds. The highest BCUT2D eigenvalue weighted by Gasteiger charge is 2.19. The number of amides is 1. The Bertz CT molecular complexity index is 1720. The number of nitrogens with zero attached hydrogens (tertiary/aromatic N) is 2. The molecular formula is C34H32N4O3. The van der Waals surface area contributed by atoms with Gasteiger partial charge in [-0.1, -0.05) is 91.0 Å². The second-order valence-corrected chi connectivity index (χ2v) is 9.98. The van der Waals surface area contributed by atoms with Gasteiger partial charge in [0.1, 0.15) is 5.69 Å². The Balaban J connectivity index is 1.52. The Kier molecular flexibility index (Phi) is 8.36. The van der Waals surface area contributed by atoms with Crippen molar-refractivity contribution in [1.29, 1.82) is 0 Å². The molecule has 0 radical (unpaired) electrons. The number of rotatable bonds is 10. The first kappa shape index (κ1) is 27.6. The average molecular weight is 545 g/mol. The number of nitrogens with one attached hydrogen (secondary N) is 2. The first-order chi connectivity index (χ1) is 19.9. The number of hydrogen-bond acceptors (Lipinski definition) is 4. The topological polar surface area (TPSA) is 85.1 Å². The van der Waals surface area contributed by atoms with Crippen molar-refractivity contribution < 1.29 is 9.59 Å². The lowest BCUT2D eigenvalue weighted by Gasteiger charge is -2.14. The van der Waals surface area contributed by atoms with E-state index in [0.717, 1.165) is 23.2 Å². The molecule has 5 rings (SSSR count). The average Bonchev–Trinajstić information content (AvgIpc) is 3.31. The van der Waals surface area contributed by atoms with Crippen molar-refractivity contribution in [2.75, 3.05) is 12.4 Å². The first-order valence-corrected chi connectivity index (χ1v) is 13.6. The third-order valence-electron chi connectivity index (χ3n) is 7.04. The monoisotopic (exact) mass is 544 g/mol. The summed E-state index contributed by atoms with van der Waals surface area (Å²) in [7, 11) is 1.69. The van der Waals surface area contributed by atoms with E-state index in [1.165, 1.54) is 5.56 Å². The zero-order valence-corrected chi connectivity index (χ0v) is 23.1. The highest BCUT2D eigenvalue weighted by atomic mass is 16.2. The molecule has 1 aromatic heterocycles. The molecule has 7 heteroatoms. The molecule has 1 heterocycles. The molecule has 41 heavy (non-hydrogen) atoms. The standard InChI is InChI=1S/C34H32N4O3/c1-24(35-2)33(40)36-31-23-37(30-18-10-13-26(21-30)19-25-11-5-3-6-12-25)38(34(31)41)22-27-14-9-17-29(20-27)32(39)28-15-7-4-8-16-28/h3-18,20-21,23-24,35H,19,22H2,1-2H3,(H,36,40)/t24-/m0/s1. The van der Waals surface area contributed by atoms with Crippen LogP contribution in [-0.2, 0) is 17.8 Å². The van der Waals surface area contributed by atoms with E-state index >= 15 is 0 Å². The van der Waals surface area contributed by atoms with Crippen LogP contribution in [0.15, 0.2) is 120 Å². The molecule has 0 aliphatic rings. The smallest absolute Gasteiger partial charge is 0.291 e. The van der Waals surface area contributed by atoms with Gasteiger partial charge in [-0.25, -0.2) is 4.68 Å². The van der Waals surface area contributed by atoms with Crippen molar-refractivity contribution in [1.82, 2.24) is 14.7 Å². The van der Waals surface area contributed by atoms with Crippen LogP contribution in [0.1, 0.15) is 39.5 Å². The zero-order chi connectivity index (χ0) is 28.8. The van der Waals surface area contributed by atoms with Gasteiger partial charge in [-0.15, -0.1) is 0 Å². The van der Waals surface area contributed by atoms with Gasteiger partial charge in [0, 0.05) is 11.1 Å². The molecule has 0 aliphatic carbocycles. The summed E-state index contributed by atoms with van der Waals surface area (Å²) in [5, 5.41) is 5.67. The van der Waals surface area contributed by atoms with Crippen LogP contribution in [-0.4, -0.2) is 34.1 Å². The zero-order valence-electron chi connectivity index (χ0n) is 23.1. The van der Waals surface area contributed by atoms with Crippen LogP contribution in [0.2, 0.25) is 0 Å². The van der Waals surface area contributed by atoms with Crippen LogP contribution < -0.4 is 16.2 Å². The Morgan fingerprint density at radius 2 is 1.39 bits per heavy atom. The lowest BCUT2D eigenvalue weighted by Crippen LogP contribution is -2.36. The largest absolute Gasteiger partial charge is 0.319 e. The molecule has 4 aromatic carbocycles. The summed E-state index contributed by atoms with van der Waals surface area (Å²) in [5.74, 6) is -0.389. The van der Waals surface area contributed by atoms with Crippen LogP contribution in [0.3, 0.4) is 0 Å². The van der Waals surface area contributed by atoms with Crippen molar-refractivity contribution in [3.8, 4) is 5.69 Å². The third-order valence-corrected chi connectivity index (χ3v) is 7.04. The number of ketones is 1. The van der Waals surface area contributed by atoms with E-state index in [0.29, 0.717) is 11.1 Å². The summed E-state index contributed by atoms with van der Waals surface area (Å²) in [5.41, 5.74) is 4.83. The van der Waals surface area contributed by atoms with E-state index < -0.39 is 6.04 Å². The van der Waals surface area contributed by atoms with Gasteiger partial charge in [0.2, 0.25) is 5.91 Å². The van der Waals surface area contributed by atoms with Gasteiger partial charge < -0.3 is 10.6 Å². The van der Waals surface area contributed by atoms with Crippen LogP contribution in [0, 0.1) is 0 Å². The maximum atomic E-state index is 13.7. The van der Waals surface area contributed by atoms with Gasteiger partial charge in [0.25, 0.3) is 5.56 Å². The first-order valence-electron chi connectivity index (χ1n) is 13.6. The summed E-state index contributed by atoms with van der Waals surface area (Å²) >= 11 is 0. The van der Waals surface area contributed by atoms with Crippen LogP contribution in [0.4, 0.5) is 5.69 Å². The SMILES string of the molecule is CN[C@@H](C)C(=O)Nc1cn(-c2cccc(Cc3ccccc3)c2)n(Cc2cccc(C(=O)c3ccccc3)c2)c1=O. The molecule has 0 saturated heterocycles. The van der Waals surface area contributed by atoms with Gasteiger partial charge in [-0.3, -0.25) is 19.1 Å². The van der Waals surface area contributed by atoms with Crippen molar-refractivity contribution in [3.63, 3.8) is 0 Å². The quantitative estimate of drug-likeness (QED) is 0.241. The number of carbonyl (C=O) groups is 2. The summed E-state index contributed by atoms with van der Waals surface area (Å²) in [6.45, 7) is 1.93. The number of aromatic nitrogens is 2. The van der Waals surface area contributed by atoms with Crippen LogP contribution in [0.25, 0.3) is 5.69 Å². The number of anilines is 1. The lowest BCUT2D eigenvalue weighted by atomic mass is 10.0. The van der Waals surface area contributed by atoms with E-state index in [1.54, 1.807) is 47.7 Å². The van der Waals surface area contributed by atoms with Crippen molar-refractivity contribution in [2.45, 2.75) is 25.9 Å². The lowest BCUT2D eigenvalue weighted by molar-refractivity contribution is -0.117. The summed E-state index contributed by atoms with van der Waals surface area (Å²) in [4.78, 5) is 39.4. The molecule has 206 valence electrons. The molecule has 0 bridgehead atoms. The minimum Gasteiger partial charge on any atom is -0.319 e. The van der Waals surface area contributed by atoms with Gasteiger partial charge in [0.05, 0.1) is 24.5 Å². The molecule has 7 nitrogen and oxygen atoms in total. The Morgan fingerprint density at radius 3 is 2.12 bits per heavy atom. The second kappa shape index (κ2) is 12.4. The number of likely N-dealkylation sites (N-methyl/N-ethyl adjacent to an activating group) is 1. The number of carbonyl (C=O) groups excluding carboxylic acids is 2. The van der Waals surface area contributed by atoms with Crippen molar-refractivity contribution >= 4 is 17.4 Å². The van der Waals surface area contributed by atoms with E-state index in [1.807, 2.05) is 72.8 Å².